The Morgan fingerprint density at radius 3 is 2.09 bits per heavy atom. The molecule has 3 nitrogen and oxygen atoms in total. The van der Waals surface area contributed by atoms with E-state index in [9.17, 15) is 0 Å². The van der Waals surface area contributed by atoms with Crippen LogP contribution in [0.2, 0.25) is 0 Å². The van der Waals surface area contributed by atoms with Gasteiger partial charge in [0.1, 0.15) is 0 Å². The Morgan fingerprint density at radius 2 is 1.73 bits per heavy atom. The van der Waals surface area contributed by atoms with Crippen molar-refractivity contribution >= 4 is 0 Å². The molecule has 0 aromatic heterocycles. The molecule has 0 rings (SSSR count). The minimum Gasteiger partial charge on any atom is -0.284 e. The van der Waals surface area contributed by atoms with E-state index in [0.29, 0.717) is 0 Å². The molecule has 0 aromatic carbocycles. The molecule has 0 radical (unpaired) electrons. The highest BCUT2D eigenvalue weighted by Crippen LogP contribution is 2.09. The molecule has 0 N–H and O–H groups in total. The highest BCUT2D eigenvalue weighted by Gasteiger charge is 2.02. The molecule has 3 heteroatoms. The summed E-state index contributed by atoms with van der Waals surface area (Å²) in [5.74, 6) is 2.94. The Labute approximate surface area is 68.5 Å². The number of hydrogen-bond acceptors (Lipinski definition) is 2. The van der Waals surface area contributed by atoms with Gasteiger partial charge in [-0.25, -0.2) is 0 Å². The minimum atomic E-state index is 0.00529. The maximum absolute atomic E-state index is 3.71. The molecule has 0 amide bonds. The van der Waals surface area contributed by atoms with Gasteiger partial charge in [0.2, 0.25) is 0 Å². The van der Waals surface area contributed by atoms with Crippen LogP contribution in [0, 0.1) is 17.4 Å². The topological polar surface area (TPSA) is 28.0 Å². The lowest BCUT2D eigenvalue weighted by Crippen LogP contribution is -2.00. The Bertz CT molecular complexity index is 188. The zero-order valence-corrected chi connectivity index (χ0v) is 7.84. The summed E-state index contributed by atoms with van der Waals surface area (Å²) in [6, 6.07) is 2.62. The summed E-state index contributed by atoms with van der Waals surface area (Å²) in [7, 11) is 3.62. The third-order valence-electron chi connectivity index (χ3n) is 0.705. The van der Waals surface area contributed by atoms with Gasteiger partial charge in [0.05, 0.1) is 6.04 Å². The van der Waals surface area contributed by atoms with E-state index >= 15 is 0 Å². The summed E-state index contributed by atoms with van der Waals surface area (Å²) in [6.45, 7) is 6.10. The first-order chi connectivity index (χ1) is 4.92. The van der Waals surface area contributed by atoms with Gasteiger partial charge in [-0.15, -0.1) is 0 Å². The van der Waals surface area contributed by atoms with E-state index in [-0.39, 0.29) is 5.41 Å². The number of hydrogen-bond donors (Lipinski definition) is 0. The molecule has 0 saturated heterocycles. The fraction of sp³-hybridized carbons (Fsp3) is 0.750. The fourth-order valence-corrected chi connectivity index (χ4v) is 0.305. The lowest BCUT2D eigenvalue weighted by molar-refractivity contribution is 0.409. The van der Waals surface area contributed by atoms with E-state index in [1.807, 2.05) is 34.9 Å². The average Bonchev–Trinajstić information content (AvgIpc) is 1.78. The van der Waals surface area contributed by atoms with E-state index in [1.54, 1.807) is 5.01 Å². The van der Waals surface area contributed by atoms with Crippen LogP contribution in [-0.4, -0.2) is 19.1 Å². The smallest absolute Gasteiger partial charge is 0.0599 e. The van der Waals surface area contributed by atoms with Crippen LogP contribution in [0.5, 0.6) is 0 Å². The predicted octanol–water partition coefficient (Wildman–Crippen LogP) is 1.92. The molecule has 0 aliphatic rings. The minimum absolute atomic E-state index is 0.00529. The van der Waals surface area contributed by atoms with E-state index < -0.39 is 0 Å². The van der Waals surface area contributed by atoms with Gasteiger partial charge >= 0.3 is 0 Å². The van der Waals surface area contributed by atoms with Gasteiger partial charge in [-0.1, -0.05) is 16.3 Å². The predicted molar refractivity (Wildman–Crippen MR) is 45.8 cm³/mol. The van der Waals surface area contributed by atoms with E-state index in [1.165, 1.54) is 0 Å². The molecule has 62 valence electrons. The molecule has 0 heterocycles. The molecule has 0 aromatic rings. The maximum Gasteiger partial charge on any atom is 0.0599 e. The van der Waals surface area contributed by atoms with E-state index in [0.717, 1.165) is 0 Å². The fourth-order valence-electron chi connectivity index (χ4n) is 0.305. The number of rotatable bonds is 1. The van der Waals surface area contributed by atoms with Crippen LogP contribution in [0.25, 0.3) is 0 Å². The lowest BCUT2D eigenvalue weighted by atomic mass is 9.99. The second-order valence-corrected chi connectivity index (χ2v) is 3.52. The van der Waals surface area contributed by atoms with Crippen LogP contribution >= 0.6 is 0 Å². The zero-order chi connectivity index (χ0) is 8.91. The monoisotopic (exact) mass is 153 g/mol. The van der Waals surface area contributed by atoms with Crippen molar-refractivity contribution in [1.82, 2.24) is 5.01 Å². The molecule has 0 unspecified atom stereocenters. The van der Waals surface area contributed by atoms with Crippen molar-refractivity contribution in [2.45, 2.75) is 20.8 Å². The third kappa shape index (κ3) is 8.96. The van der Waals surface area contributed by atoms with Crippen LogP contribution in [0.3, 0.4) is 0 Å². The highest BCUT2D eigenvalue weighted by atomic mass is 15.5. The molecular formula is C8H15N3. The first kappa shape index (κ1) is 9.96. The molecule has 0 aliphatic heterocycles. The average molecular weight is 153 g/mol. The van der Waals surface area contributed by atoms with Crippen molar-refractivity contribution in [2.24, 2.45) is 15.8 Å². The second-order valence-electron chi connectivity index (χ2n) is 3.52. The van der Waals surface area contributed by atoms with Crippen LogP contribution in [0.4, 0.5) is 0 Å². The van der Waals surface area contributed by atoms with Crippen LogP contribution in [0.15, 0.2) is 10.3 Å². The number of nitrogens with zero attached hydrogens (tertiary/aromatic N) is 3. The zero-order valence-electron chi connectivity index (χ0n) is 7.84. The first-order valence-electron chi connectivity index (χ1n) is 3.52. The van der Waals surface area contributed by atoms with Gasteiger partial charge in [-0.05, 0) is 20.8 Å². The van der Waals surface area contributed by atoms with Gasteiger partial charge < -0.3 is 0 Å². The summed E-state index contributed by atoms with van der Waals surface area (Å²) in [6.07, 6.45) is 0. The van der Waals surface area contributed by atoms with Crippen molar-refractivity contribution in [3.05, 3.63) is 0 Å². The summed E-state index contributed by atoms with van der Waals surface area (Å²) in [5, 5.41) is 8.97. The van der Waals surface area contributed by atoms with Gasteiger partial charge in [0.25, 0.3) is 0 Å². The normalized spacial score (nSPS) is 11.0. The summed E-state index contributed by atoms with van der Waals surface area (Å²) >= 11 is 0. The van der Waals surface area contributed by atoms with Crippen molar-refractivity contribution in [2.75, 3.05) is 14.1 Å². The SMILES string of the molecule is CN(C)/N=N/C#CC(C)(C)C. The highest BCUT2D eigenvalue weighted by molar-refractivity contribution is 5.05. The van der Waals surface area contributed by atoms with Crippen molar-refractivity contribution < 1.29 is 0 Å². The Kier molecular flexibility index (Phi) is 3.59. The molecule has 0 atom stereocenters. The van der Waals surface area contributed by atoms with Gasteiger partial charge in [-0.2, -0.15) is 0 Å². The first-order valence-corrected chi connectivity index (χ1v) is 3.52. The second kappa shape index (κ2) is 3.97. The van der Waals surface area contributed by atoms with Crippen LogP contribution in [-0.2, 0) is 0 Å². The van der Waals surface area contributed by atoms with Crippen molar-refractivity contribution in [3.8, 4) is 12.0 Å². The molecule has 0 spiro atoms. The molecular weight excluding hydrogens is 138 g/mol. The van der Waals surface area contributed by atoms with Gasteiger partial charge in [0, 0.05) is 19.5 Å². The maximum atomic E-state index is 3.71. The lowest BCUT2D eigenvalue weighted by Gasteiger charge is -2.05. The van der Waals surface area contributed by atoms with Crippen LogP contribution in [0.1, 0.15) is 20.8 Å². The Morgan fingerprint density at radius 1 is 1.18 bits per heavy atom. The quantitative estimate of drug-likeness (QED) is 0.321. The molecule has 0 aliphatic carbocycles. The Hall–Kier alpha value is -1.04. The van der Waals surface area contributed by atoms with Gasteiger partial charge in [0.15, 0.2) is 0 Å². The molecule has 0 saturated carbocycles. The summed E-state index contributed by atoms with van der Waals surface area (Å²) < 4.78 is 0. The van der Waals surface area contributed by atoms with Crippen molar-refractivity contribution in [3.63, 3.8) is 0 Å². The molecule has 0 bridgehead atoms. The largest absolute Gasteiger partial charge is 0.284 e. The Balaban J connectivity index is 3.92. The molecule has 0 fully saturated rings. The van der Waals surface area contributed by atoms with Crippen LogP contribution < -0.4 is 0 Å². The molecule has 11 heavy (non-hydrogen) atoms. The third-order valence-corrected chi connectivity index (χ3v) is 0.705. The summed E-state index contributed by atoms with van der Waals surface area (Å²) in [5.41, 5.74) is 0.00529. The summed E-state index contributed by atoms with van der Waals surface area (Å²) in [4.78, 5) is 0. The van der Waals surface area contributed by atoms with Crippen molar-refractivity contribution in [1.29, 1.82) is 0 Å². The van der Waals surface area contributed by atoms with Gasteiger partial charge in [-0.3, -0.25) is 5.01 Å². The van der Waals surface area contributed by atoms with E-state index in [4.69, 9.17) is 0 Å². The standard InChI is InChI=1S/C8H15N3/c1-8(2,3)6-7-9-10-11(4)5/h1-5H3/b10-9+. The van der Waals surface area contributed by atoms with E-state index in [2.05, 4.69) is 22.3 Å².